The third-order valence-corrected chi connectivity index (χ3v) is 5.65. The zero-order chi connectivity index (χ0) is 19.6. The summed E-state index contributed by atoms with van der Waals surface area (Å²) < 4.78 is 15.6. The molecule has 29 heavy (non-hydrogen) atoms. The van der Waals surface area contributed by atoms with Crippen molar-refractivity contribution in [1.82, 2.24) is 9.97 Å². The minimum Gasteiger partial charge on any atom is -0.463 e. The number of aromatic nitrogens is 2. The zero-order valence-electron chi connectivity index (χ0n) is 15.0. The van der Waals surface area contributed by atoms with Crippen molar-refractivity contribution in [2.75, 3.05) is 4.72 Å². The van der Waals surface area contributed by atoms with Crippen LogP contribution in [0, 0.1) is 0 Å². The van der Waals surface area contributed by atoms with Gasteiger partial charge in [-0.3, -0.25) is 0 Å². The molecule has 0 radical (unpaired) electrons. The van der Waals surface area contributed by atoms with E-state index in [0.717, 1.165) is 26.1 Å². The number of fused-ring (bicyclic) bond motifs is 1. The zero-order valence-corrected chi connectivity index (χ0v) is 17.4. The van der Waals surface area contributed by atoms with Crippen LogP contribution in [-0.4, -0.2) is 9.97 Å². The molecule has 0 fully saturated rings. The molecule has 0 bridgehead atoms. The van der Waals surface area contributed by atoms with Crippen LogP contribution in [0.25, 0.3) is 33.9 Å². The van der Waals surface area contributed by atoms with Gasteiger partial charge in [-0.15, -0.1) is 0 Å². The normalized spacial score (nSPS) is 11.1. The number of furan rings is 2. The summed E-state index contributed by atoms with van der Waals surface area (Å²) in [5.74, 6) is 1.30. The predicted molar refractivity (Wildman–Crippen MR) is 119 cm³/mol. The second-order valence-electron chi connectivity index (χ2n) is 6.24. The Bertz CT molecular complexity index is 1250. The van der Waals surface area contributed by atoms with E-state index < -0.39 is 0 Å². The highest BCUT2D eigenvalue weighted by molar-refractivity contribution is 9.10. The lowest BCUT2D eigenvalue weighted by Crippen LogP contribution is -1.95. The van der Waals surface area contributed by atoms with Crippen LogP contribution in [0.1, 0.15) is 0 Å². The van der Waals surface area contributed by atoms with Gasteiger partial charge in [0.15, 0.2) is 11.5 Å². The summed E-state index contributed by atoms with van der Waals surface area (Å²) in [7, 11) is 0. The topological polar surface area (TPSA) is 64.1 Å². The lowest BCUT2D eigenvalue weighted by molar-refractivity contribution is 0.572. The van der Waals surface area contributed by atoms with Gasteiger partial charge >= 0.3 is 0 Å². The summed E-state index contributed by atoms with van der Waals surface area (Å²) >= 11 is 4.99. The van der Waals surface area contributed by atoms with Gasteiger partial charge in [-0.2, -0.15) is 0 Å². The van der Waals surface area contributed by atoms with Crippen molar-refractivity contribution in [3.8, 4) is 22.9 Å². The molecular weight excluding hydrogens is 450 g/mol. The van der Waals surface area contributed by atoms with Gasteiger partial charge in [-0.25, -0.2) is 9.97 Å². The fourth-order valence-electron chi connectivity index (χ4n) is 2.91. The summed E-state index contributed by atoms with van der Waals surface area (Å²) in [5.41, 5.74) is 3.80. The van der Waals surface area contributed by atoms with Crippen LogP contribution in [-0.2, 0) is 0 Å². The molecule has 2 aromatic carbocycles. The van der Waals surface area contributed by atoms with E-state index in [1.807, 2.05) is 66.7 Å². The fourth-order valence-corrected chi connectivity index (χ4v) is 3.81. The van der Waals surface area contributed by atoms with Crippen molar-refractivity contribution in [1.29, 1.82) is 0 Å². The van der Waals surface area contributed by atoms with Gasteiger partial charge in [0.2, 0.25) is 0 Å². The molecule has 0 atom stereocenters. The predicted octanol–water partition coefficient (Wildman–Crippen LogP) is 7.03. The molecule has 5 aromatic rings. The van der Waals surface area contributed by atoms with Crippen LogP contribution in [0.2, 0.25) is 0 Å². The number of nitrogens with zero attached hydrogens (tertiary/aromatic N) is 2. The standard InChI is InChI=1S/C22H14BrN3O2S/c23-14-5-8-16(9-6-14)29-26-15-7-10-17-18(13-15)25-22(20-4-2-12-28-20)21(24-17)19-3-1-11-27-19/h1-13,26H. The third-order valence-electron chi connectivity index (χ3n) is 4.27. The molecule has 1 N–H and O–H groups in total. The second kappa shape index (κ2) is 7.77. The Morgan fingerprint density at radius 3 is 2.03 bits per heavy atom. The van der Waals surface area contributed by atoms with E-state index in [1.165, 1.54) is 0 Å². The van der Waals surface area contributed by atoms with Gasteiger partial charge in [0.25, 0.3) is 0 Å². The van der Waals surface area contributed by atoms with E-state index in [4.69, 9.17) is 18.8 Å². The Morgan fingerprint density at radius 2 is 1.41 bits per heavy atom. The molecule has 0 spiro atoms. The van der Waals surface area contributed by atoms with Crippen LogP contribution in [0.3, 0.4) is 0 Å². The van der Waals surface area contributed by atoms with Gasteiger partial charge < -0.3 is 13.6 Å². The smallest absolute Gasteiger partial charge is 0.154 e. The highest BCUT2D eigenvalue weighted by Crippen LogP contribution is 2.32. The molecule has 3 aromatic heterocycles. The molecule has 142 valence electrons. The van der Waals surface area contributed by atoms with Gasteiger partial charge in [0.05, 0.1) is 23.6 Å². The van der Waals surface area contributed by atoms with E-state index in [0.29, 0.717) is 22.9 Å². The van der Waals surface area contributed by atoms with Gasteiger partial charge in [-0.05, 0) is 78.7 Å². The van der Waals surface area contributed by atoms with E-state index in [9.17, 15) is 0 Å². The molecule has 0 aliphatic heterocycles. The lowest BCUT2D eigenvalue weighted by atomic mass is 10.1. The molecule has 0 unspecified atom stereocenters. The van der Waals surface area contributed by atoms with Crippen molar-refractivity contribution in [2.24, 2.45) is 0 Å². The maximum Gasteiger partial charge on any atom is 0.154 e. The quantitative estimate of drug-likeness (QED) is 0.282. The maximum absolute atomic E-state index is 5.58. The number of hydrogen-bond acceptors (Lipinski definition) is 6. The highest BCUT2D eigenvalue weighted by Gasteiger charge is 2.17. The van der Waals surface area contributed by atoms with Crippen LogP contribution in [0.15, 0.2) is 97.5 Å². The Labute approximate surface area is 179 Å². The Hall–Kier alpha value is -3.03. The highest BCUT2D eigenvalue weighted by atomic mass is 79.9. The summed E-state index contributed by atoms with van der Waals surface area (Å²) in [6.07, 6.45) is 3.25. The largest absolute Gasteiger partial charge is 0.463 e. The SMILES string of the molecule is Brc1ccc(SNc2ccc3nc(-c4ccco4)c(-c4ccco4)nc3c2)cc1. The first-order valence-electron chi connectivity index (χ1n) is 8.84. The first-order chi connectivity index (χ1) is 14.3. The first kappa shape index (κ1) is 18.0. The monoisotopic (exact) mass is 463 g/mol. The van der Waals surface area contributed by atoms with Gasteiger partial charge in [0, 0.05) is 15.1 Å². The molecule has 7 heteroatoms. The van der Waals surface area contributed by atoms with Crippen molar-refractivity contribution in [2.45, 2.75) is 4.90 Å². The van der Waals surface area contributed by atoms with Crippen LogP contribution < -0.4 is 4.72 Å². The third kappa shape index (κ3) is 3.79. The van der Waals surface area contributed by atoms with Crippen molar-refractivity contribution in [3.05, 3.63) is 83.7 Å². The fraction of sp³-hybridized carbons (Fsp3) is 0. The van der Waals surface area contributed by atoms with Crippen LogP contribution in [0.5, 0.6) is 0 Å². The molecule has 3 heterocycles. The summed E-state index contributed by atoms with van der Waals surface area (Å²) in [6, 6.07) is 21.4. The van der Waals surface area contributed by atoms with E-state index in [1.54, 1.807) is 24.5 Å². The molecule has 0 aliphatic carbocycles. The molecule has 0 saturated heterocycles. The molecule has 0 saturated carbocycles. The number of anilines is 1. The second-order valence-corrected chi connectivity index (χ2v) is 8.03. The van der Waals surface area contributed by atoms with Crippen molar-refractivity contribution in [3.63, 3.8) is 0 Å². The molecule has 5 rings (SSSR count). The summed E-state index contributed by atoms with van der Waals surface area (Å²) in [6.45, 7) is 0. The molecule has 0 amide bonds. The molecule has 5 nitrogen and oxygen atoms in total. The number of rotatable bonds is 5. The van der Waals surface area contributed by atoms with Crippen molar-refractivity contribution < 1.29 is 8.83 Å². The maximum atomic E-state index is 5.58. The van der Waals surface area contributed by atoms with Gasteiger partial charge in [-0.1, -0.05) is 15.9 Å². The minimum absolute atomic E-state index is 0.647. The van der Waals surface area contributed by atoms with Gasteiger partial charge in [0.1, 0.15) is 11.4 Å². The van der Waals surface area contributed by atoms with Crippen LogP contribution >= 0.6 is 27.9 Å². The number of halogens is 1. The Kier molecular flexibility index (Phi) is 4.83. The van der Waals surface area contributed by atoms with Crippen molar-refractivity contribution >= 4 is 44.6 Å². The molecule has 0 aliphatic rings. The lowest BCUT2D eigenvalue weighted by Gasteiger charge is -2.09. The van der Waals surface area contributed by atoms with E-state index >= 15 is 0 Å². The number of nitrogens with one attached hydrogen (secondary N) is 1. The average Bonchev–Trinajstić information content (AvgIpc) is 3.46. The van der Waals surface area contributed by atoms with E-state index in [2.05, 4.69) is 20.7 Å². The Balaban J connectivity index is 1.52. The summed E-state index contributed by atoms with van der Waals surface area (Å²) in [4.78, 5) is 10.7. The number of benzene rings is 2. The molecular formula is C22H14BrN3O2S. The summed E-state index contributed by atoms with van der Waals surface area (Å²) in [5, 5.41) is 0. The average molecular weight is 464 g/mol. The first-order valence-corrected chi connectivity index (χ1v) is 10.5. The van der Waals surface area contributed by atoms with Crippen LogP contribution in [0.4, 0.5) is 5.69 Å². The minimum atomic E-state index is 0.647. The Morgan fingerprint density at radius 1 is 0.759 bits per heavy atom. The van der Waals surface area contributed by atoms with E-state index in [-0.39, 0.29) is 0 Å². The number of hydrogen-bond donors (Lipinski definition) is 1.